The molecule has 0 heterocycles. The van der Waals surface area contributed by atoms with Crippen LogP contribution in [0.1, 0.15) is 70.9 Å². The monoisotopic (exact) mass is 508 g/mol. The molecule has 0 aliphatic rings. The Morgan fingerprint density at radius 3 is 1.62 bits per heavy atom. The molecule has 0 radical (unpaired) electrons. The number of ether oxygens (including phenoxy) is 4. The zero-order valence-corrected chi connectivity index (χ0v) is 21.6. The summed E-state index contributed by atoms with van der Waals surface area (Å²) in [5.41, 5.74) is 2.44. The van der Waals surface area contributed by atoms with Gasteiger partial charge in [0.05, 0.1) is 38.5 Å². The van der Waals surface area contributed by atoms with Gasteiger partial charge in [0, 0.05) is 0 Å². The number of carbonyl (C=O) groups excluding carboxylic acids is 2. The molecular weight excluding hydrogens is 479 g/mol. The molecule has 0 saturated heterocycles. The summed E-state index contributed by atoms with van der Waals surface area (Å²) in [6.45, 7) is 2.16. The Labute approximate surface area is 210 Å². The number of methoxy groups -OCH3 is 4. The molecular formula is C26H30Cl2O6. The Hall–Kier alpha value is -2.70. The van der Waals surface area contributed by atoms with Gasteiger partial charge in [-0.05, 0) is 53.8 Å². The number of benzene rings is 2. The molecule has 8 heteroatoms. The zero-order chi connectivity index (χ0) is 25.3. The summed E-state index contributed by atoms with van der Waals surface area (Å²) in [7, 11) is 5.45. The second-order valence-electron chi connectivity index (χ2n) is 7.53. The van der Waals surface area contributed by atoms with E-state index in [0.717, 1.165) is 37.7 Å². The van der Waals surface area contributed by atoms with Gasteiger partial charge in [0.25, 0.3) is 0 Å². The quantitative estimate of drug-likeness (QED) is 0.240. The van der Waals surface area contributed by atoms with Crippen LogP contribution in [-0.4, -0.2) is 40.4 Å². The second-order valence-corrected chi connectivity index (χ2v) is 8.34. The van der Waals surface area contributed by atoms with E-state index < -0.39 is 11.9 Å². The van der Waals surface area contributed by atoms with Crippen molar-refractivity contribution < 1.29 is 28.5 Å². The highest BCUT2D eigenvalue weighted by Crippen LogP contribution is 2.39. The van der Waals surface area contributed by atoms with Crippen molar-refractivity contribution in [1.82, 2.24) is 0 Å². The van der Waals surface area contributed by atoms with Crippen molar-refractivity contribution >= 4 is 40.7 Å². The van der Waals surface area contributed by atoms with Crippen LogP contribution in [0, 0.1) is 0 Å². The Balaban J connectivity index is 2.73. The van der Waals surface area contributed by atoms with Gasteiger partial charge in [-0.2, -0.15) is 0 Å². The summed E-state index contributed by atoms with van der Waals surface area (Å²) >= 11 is 12.9. The topological polar surface area (TPSA) is 71.1 Å². The maximum Gasteiger partial charge on any atom is 0.341 e. The molecule has 184 valence electrons. The van der Waals surface area contributed by atoms with Gasteiger partial charge in [0.1, 0.15) is 11.1 Å². The molecule has 0 unspecified atom stereocenters. The number of allylic oxidation sites excluding steroid dienone is 1. The first kappa shape index (κ1) is 27.5. The van der Waals surface area contributed by atoms with Gasteiger partial charge in [-0.15, -0.1) is 0 Å². The van der Waals surface area contributed by atoms with E-state index in [9.17, 15) is 9.59 Å². The lowest BCUT2D eigenvalue weighted by Gasteiger charge is -2.17. The summed E-state index contributed by atoms with van der Waals surface area (Å²) < 4.78 is 20.5. The molecule has 2 aromatic rings. The maximum absolute atomic E-state index is 12.4. The molecule has 34 heavy (non-hydrogen) atoms. The third-order valence-electron chi connectivity index (χ3n) is 5.33. The van der Waals surface area contributed by atoms with Crippen LogP contribution in [0.2, 0.25) is 10.0 Å². The van der Waals surface area contributed by atoms with E-state index in [0.29, 0.717) is 11.1 Å². The Morgan fingerprint density at radius 1 is 0.765 bits per heavy atom. The third kappa shape index (κ3) is 6.45. The first-order valence-electron chi connectivity index (χ1n) is 10.9. The van der Waals surface area contributed by atoms with Crippen molar-refractivity contribution in [3.63, 3.8) is 0 Å². The van der Waals surface area contributed by atoms with Gasteiger partial charge in [0.2, 0.25) is 0 Å². The number of esters is 2. The number of rotatable bonds is 11. The van der Waals surface area contributed by atoms with E-state index in [2.05, 4.69) is 6.92 Å². The Kier molecular flexibility index (Phi) is 10.7. The predicted molar refractivity (Wildman–Crippen MR) is 135 cm³/mol. The number of halogens is 2. The van der Waals surface area contributed by atoms with Gasteiger partial charge in [-0.3, -0.25) is 0 Å². The summed E-state index contributed by atoms with van der Waals surface area (Å²) in [5, 5.41) is 0.509. The van der Waals surface area contributed by atoms with Crippen molar-refractivity contribution in [2.75, 3.05) is 28.4 Å². The largest absolute Gasteiger partial charge is 0.494 e. The van der Waals surface area contributed by atoms with Crippen LogP contribution >= 0.6 is 23.2 Å². The van der Waals surface area contributed by atoms with Gasteiger partial charge in [-0.1, -0.05) is 55.5 Å². The van der Waals surface area contributed by atoms with Crippen LogP contribution in [0.25, 0.3) is 5.57 Å². The van der Waals surface area contributed by atoms with Gasteiger partial charge in [-0.25, -0.2) is 9.59 Å². The Bertz CT molecular complexity index is 986. The molecule has 0 saturated carbocycles. The number of carbonyl (C=O) groups is 2. The van der Waals surface area contributed by atoms with E-state index in [-0.39, 0.29) is 32.7 Å². The molecule has 0 aliphatic heterocycles. The first-order valence-corrected chi connectivity index (χ1v) is 11.7. The second kappa shape index (κ2) is 13.3. The summed E-state index contributed by atoms with van der Waals surface area (Å²) in [6.07, 6.45) is 7.18. The van der Waals surface area contributed by atoms with E-state index in [1.807, 2.05) is 6.08 Å². The van der Waals surface area contributed by atoms with Crippen molar-refractivity contribution in [3.05, 3.63) is 62.6 Å². The molecule has 0 fully saturated rings. The van der Waals surface area contributed by atoms with Gasteiger partial charge >= 0.3 is 11.9 Å². The van der Waals surface area contributed by atoms with Gasteiger partial charge < -0.3 is 18.9 Å². The van der Waals surface area contributed by atoms with Crippen molar-refractivity contribution in [3.8, 4) is 11.5 Å². The molecule has 6 nitrogen and oxygen atoms in total. The lowest BCUT2D eigenvalue weighted by molar-refractivity contribution is 0.0588. The van der Waals surface area contributed by atoms with Crippen LogP contribution in [0.5, 0.6) is 11.5 Å². The molecule has 0 bridgehead atoms. The van der Waals surface area contributed by atoms with Crippen LogP contribution in [0.4, 0.5) is 0 Å². The standard InChI is InChI=1S/C26H30Cl2O6/c1-6-7-8-9-10-11-18(16-12-19(25(29)33-4)23(31-2)21(27)14-16)17-13-20(26(30)34-5)24(32-3)22(28)15-17/h11-15H,6-10H2,1-5H3. The predicted octanol–water partition coefficient (Wildman–Crippen LogP) is 6.99. The molecule has 0 atom stereocenters. The van der Waals surface area contributed by atoms with E-state index in [1.165, 1.54) is 28.4 Å². The molecule has 0 spiro atoms. The van der Waals surface area contributed by atoms with Crippen LogP contribution in [0.15, 0.2) is 30.3 Å². The van der Waals surface area contributed by atoms with Crippen molar-refractivity contribution in [2.45, 2.75) is 39.0 Å². The minimum atomic E-state index is -0.578. The maximum atomic E-state index is 12.4. The van der Waals surface area contributed by atoms with E-state index >= 15 is 0 Å². The van der Waals surface area contributed by atoms with Gasteiger partial charge in [0.15, 0.2) is 11.5 Å². The molecule has 0 N–H and O–H groups in total. The fourth-order valence-corrected chi connectivity index (χ4v) is 4.25. The molecule has 0 aromatic heterocycles. The highest BCUT2D eigenvalue weighted by molar-refractivity contribution is 6.33. The number of hydrogen-bond donors (Lipinski definition) is 0. The molecule has 0 amide bonds. The molecule has 2 aromatic carbocycles. The van der Waals surface area contributed by atoms with Crippen LogP contribution in [0.3, 0.4) is 0 Å². The minimum Gasteiger partial charge on any atom is -0.494 e. The Morgan fingerprint density at radius 2 is 1.24 bits per heavy atom. The van der Waals surface area contributed by atoms with Crippen molar-refractivity contribution in [2.24, 2.45) is 0 Å². The minimum absolute atomic E-state index is 0.192. The smallest absolute Gasteiger partial charge is 0.341 e. The zero-order valence-electron chi connectivity index (χ0n) is 20.1. The van der Waals surface area contributed by atoms with Crippen LogP contribution < -0.4 is 9.47 Å². The highest BCUT2D eigenvalue weighted by Gasteiger charge is 2.22. The highest BCUT2D eigenvalue weighted by atomic mass is 35.5. The summed E-state index contributed by atoms with van der Waals surface area (Å²) in [4.78, 5) is 24.9. The average Bonchev–Trinajstić information content (AvgIpc) is 2.84. The number of hydrogen-bond acceptors (Lipinski definition) is 6. The fraction of sp³-hybridized carbons (Fsp3) is 0.385. The lowest BCUT2D eigenvalue weighted by Crippen LogP contribution is -2.07. The van der Waals surface area contributed by atoms with Crippen LogP contribution in [-0.2, 0) is 9.47 Å². The first-order chi connectivity index (χ1) is 16.3. The van der Waals surface area contributed by atoms with E-state index in [4.69, 9.17) is 42.1 Å². The average molecular weight is 509 g/mol. The van der Waals surface area contributed by atoms with Crippen molar-refractivity contribution in [1.29, 1.82) is 0 Å². The SMILES string of the molecule is CCCCCCC=C(c1cc(Cl)c(OC)c(C(=O)OC)c1)c1cc(Cl)c(OC)c(C(=O)OC)c1. The normalized spacial score (nSPS) is 10.4. The fourth-order valence-electron chi connectivity index (χ4n) is 3.66. The summed E-state index contributed by atoms with van der Waals surface area (Å²) in [6, 6.07) is 6.73. The van der Waals surface area contributed by atoms with E-state index in [1.54, 1.807) is 24.3 Å². The lowest BCUT2D eigenvalue weighted by atomic mass is 9.93. The molecule has 2 rings (SSSR count). The third-order valence-corrected chi connectivity index (χ3v) is 5.90. The summed E-state index contributed by atoms with van der Waals surface area (Å²) in [5.74, 6) is -0.707. The number of unbranched alkanes of at least 4 members (excludes halogenated alkanes) is 4. The molecule has 0 aliphatic carbocycles.